The molecule has 0 saturated heterocycles. The number of rotatable bonds is 8. The second kappa shape index (κ2) is 9.70. The Labute approximate surface area is 188 Å². The third kappa shape index (κ3) is 6.97. The van der Waals surface area contributed by atoms with E-state index in [0.29, 0.717) is 12.3 Å². The fourth-order valence-corrected chi connectivity index (χ4v) is 4.65. The number of phenols is 1. The first kappa shape index (κ1) is 23.1. The summed E-state index contributed by atoms with van der Waals surface area (Å²) in [4.78, 5) is 2.40. The van der Waals surface area contributed by atoms with Crippen molar-refractivity contribution in [2.24, 2.45) is 5.41 Å². The van der Waals surface area contributed by atoms with Gasteiger partial charge in [0.15, 0.2) is 0 Å². The van der Waals surface area contributed by atoms with Crippen LogP contribution in [-0.4, -0.2) is 10.0 Å². The summed E-state index contributed by atoms with van der Waals surface area (Å²) in [5.74, 6) is 0.376. The molecule has 3 rings (SSSR count). The number of aromatic hydroxyl groups is 1. The molecular formula is C29H37NO. The maximum absolute atomic E-state index is 10.7. The minimum Gasteiger partial charge on any atom is -0.508 e. The molecule has 0 radical (unpaired) electrons. The molecule has 0 saturated carbocycles. The number of benzene rings is 3. The van der Waals surface area contributed by atoms with Crippen molar-refractivity contribution in [2.45, 2.75) is 66.1 Å². The summed E-state index contributed by atoms with van der Waals surface area (Å²) < 4.78 is 0. The minimum atomic E-state index is 0.0460. The Balaban J connectivity index is 1.87. The molecule has 3 aromatic rings. The van der Waals surface area contributed by atoms with Gasteiger partial charge >= 0.3 is 0 Å². The zero-order chi connectivity index (χ0) is 22.5. The highest BCUT2D eigenvalue weighted by Crippen LogP contribution is 2.37. The Kier molecular flexibility index (Phi) is 7.23. The average molecular weight is 416 g/mol. The number of nitrogens with zero attached hydrogens (tertiary/aromatic N) is 1. The largest absolute Gasteiger partial charge is 0.508 e. The van der Waals surface area contributed by atoms with Gasteiger partial charge in [0.05, 0.1) is 0 Å². The van der Waals surface area contributed by atoms with Crippen LogP contribution in [0.2, 0.25) is 0 Å². The van der Waals surface area contributed by atoms with Crippen molar-refractivity contribution < 1.29 is 5.11 Å². The number of phenolic OH excluding ortho intramolecular Hbond substituents is 1. The predicted octanol–water partition coefficient (Wildman–Crippen LogP) is 7.31. The van der Waals surface area contributed by atoms with Gasteiger partial charge in [-0.2, -0.15) is 0 Å². The molecule has 0 unspecified atom stereocenters. The zero-order valence-electron chi connectivity index (χ0n) is 19.7. The van der Waals surface area contributed by atoms with Crippen LogP contribution in [0.3, 0.4) is 0 Å². The van der Waals surface area contributed by atoms with Crippen LogP contribution >= 0.6 is 0 Å². The topological polar surface area (TPSA) is 23.5 Å². The molecule has 3 aromatic carbocycles. The summed E-state index contributed by atoms with van der Waals surface area (Å²) in [6, 6.07) is 27.3. The van der Waals surface area contributed by atoms with Gasteiger partial charge in [0.1, 0.15) is 5.75 Å². The molecule has 0 heterocycles. The lowest BCUT2D eigenvalue weighted by atomic mass is 9.72. The summed E-state index contributed by atoms with van der Waals surface area (Å²) in [6.07, 6.45) is 1.09. The van der Waals surface area contributed by atoms with E-state index in [1.54, 1.807) is 0 Å². The van der Waals surface area contributed by atoms with E-state index in [0.717, 1.165) is 25.1 Å². The monoisotopic (exact) mass is 415 g/mol. The Morgan fingerprint density at radius 1 is 0.677 bits per heavy atom. The van der Waals surface area contributed by atoms with Gasteiger partial charge < -0.3 is 5.11 Å². The van der Waals surface area contributed by atoms with Gasteiger partial charge in [0, 0.05) is 25.2 Å². The smallest absolute Gasteiger partial charge is 0.120 e. The van der Waals surface area contributed by atoms with Crippen molar-refractivity contribution in [3.8, 4) is 5.75 Å². The van der Waals surface area contributed by atoms with E-state index in [1.165, 1.54) is 16.7 Å². The van der Waals surface area contributed by atoms with Crippen molar-refractivity contribution in [3.05, 3.63) is 101 Å². The Morgan fingerprint density at radius 2 is 1.19 bits per heavy atom. The van der Waals surface area contributed by atoms with Gasteiger partial charge in [-0.1, -0.05) is 107 Å². The quantitative estimate of drug-likeness (QED) is 0.417. The van der Waals surface area contributed by atoms with E-state index in [9.17, 15) is 5.11 Å². The van der Waals surface area contributed by atoms with Crippen molar-refractivity contribution >= 4 is 0 Å². The second-order valence-corrected chi connectivity index (χ2v) is 10.6. The third-order valence-corrected chi connectivity index (χ3v) is 5.73. The molecule has 31 heavy (non-hydrogen) atoms. The highest BCUT2D eigenvalue weighted by Gasteiger charge is 2.28. The minimum absolute atomic E-state index is 0.0460. The molecule has 0 aromatic heterocycles. The van der Waals surface area contributed by atoms with Crippen LogP contribution in [0.4, 0.5) is 0 Å². The molecule has 0 amide bonds. The van der Waals surface area contributed by atoms with Crippen LogP contribution in [0, 0.1) is 5.41 Å². The molecule has 1 N–H and O–H groups in total. The molecular weight excluding hydrogens is 378 g/mol. The molecule has 0 atom stereocenters. The number of hydrogen-bond donors (Lipinski definition) is 1. The van der Waals surface area contributed by atoms with Crippen LogP contribution in [0.15, 0.2) is 78.9 Å². The first-order chi connectivity index (χ1) is 14.6. The van der Waals surface area contributed by atoms with Crippen molar-refractivity contribution in [3.63, 3.8) is 0 Å². The van der Waals surface area contributed by atoms with E-state index in [2.05, 4.69) is 112 Å². The lowest BCUT2D eigenvalue weighted by Gasteiger charge is -2.33. The van der Waals surface area contributed by atoms with Gasteiger partial charge in [-0.15, -0.1) is 0 Å². The average Bonchev–Trinajstić information content (AvgIpc) is 2.69. The molecule has 2 nitrogen and oxygen atoms in total. The van der Waals surface area contributed by atoms with E-state index >= 15 is 0 Å². The molecule has 164 valence electrons. The summed E-state index contributed by atoms with van der Waals surface area (Å²) in [6.45, 7) is 13.9. The van der Waals surface area contributed by atoms with Crippen LogP contribution in [0.1, 0.15) is 63.3 Å². The van der Waals surface area contributed by atoms with Gasteiger partial charge in [-0.25, -0.2) is 0 Å². The maximum Gasteiger partial charge on any atom is 0.120 e. The highest BCUT2D eigenvalue weighted by molar-refractivity contribution is 5.39. The van der Waals surface area contributed by atoms with Crippen molar-refractivity contribution in [1.29, 1.82) is 0 Å². The first-order valence-corrected chi connectivity index (χ1v) is 11.2. The standard InChI is InChI=1S/C29H37NO/c1-28(2,3)22-29(4,5)26-16-17-27(31)25(18-26)21-30(19-23-12-8-6-9-13-23)20-24-14-10-7-11-15-24/h6-18,31H,19-22H2,1-5H3. The molecule has 0 bridgehead atoms. The predicted molar refractivity (Wildman–Crippen MR) is 131 cm³/mol. The van der Waals surface area contributed by atoms with E-state index in [1.807, 2.05) is 6.07 Å². The Bertz CT molecular complexity index is 914. The Hall–Kier alpha value is -2.58. The fourth-order valence-electron chi connectivity index (χ4n) is 4.65. The molecule has 2 heteroatoms. The number of hydrogen-bond acceptors (Lipinski definition) is 2. The van der Waals surface area contributed by atoms with E-state index < -0.39 is 0 Å². The SMILES string of the molecule is CC(C)(C)CC(C)(C)c1ccc(O)c(CN(Cc2ccccc2)Cc2ccccc2)c1. The molecule has 0 aliphatic carbocycles. The van der Waals surface area contributed by atoms with Crippen molar-refractivity contribution in [2.75, 3.05) is 0 Å². The van der Waals surface area contributed by atoms with Gasteiger partial charge in [0.25, 0.3) is 0 Å². The summed E-state index contributed by atoms with van der Waals surface area (Å²) >= 11 is 0. The molecule has 0 fully saturated rings. The van der Waals surface area contributed by atoms with Crippen LogP contribution in [0.25, 0.3) is 0 Å². The van der Waals surface area contributed by atoms with Crippen LogP contribution in [-0.2, 0) is 25.0 Å². The van der Waals surface area contributed by atoms with Gasteiger partial charge in [0.2, 0.25) is 0 Å². The normalized spacial score (nSPS) is 12.3. The second-order valence-electron chi connectivity index (χ2n) is 10.6. The lowest BCUT2D eigenvalue weighted by molar-refractivity contribution is 0.243. The molecule has 0 aliphatic rings. The maximum atomic E-state index is 10.7. The Morgan fingerprint density at radius 3 is 1.68 bits per heavy atom. The van der Waals surface area contributed by atoms with Crippen LogP contribution < -0.4 is 0 Å². The van der Waals surface area contributed by atoms with E-state index in [4.69, 9.17) is 0 Å². The fraction of sp³-hybridized carbons (Fsp3) is 0.379. The molecule has 0 spiro atoms. The first-order valence-electron chi connectivity index (χ1n) is 11.2. The zero-order valence-corrected chi connectivity index (χ0v) is 19.7. The molecule has 0 aliphatic heterocycles. The van der Waals surface area contributed by atoms with Gasteiger partial charge in [-0.3, -0.25) is 4.90 Å². The third-order valence-electron chi connectivity index (χ3n) is 5.73. The summed E-state index contributed by atoms with van der Waals surface area (Å²) in [5, 5.41) is 10.7. The van der Waals surface area contributed by atoms with Gasteiger partial charge in [-0.05, 0) is 40.0 Å². The van der Waals surface area contributed by atoms with Crippen molar-refractivity contribution in [1.82, 2.24) is 4.90 Å². The van der Waals surface area contributed by atoms with E-state index in [-0.39, 0.29) is 10.8 Å². The summed E-state index contributed by atoms with van der Waals surface area (Å²) in [5.41, 5.74) is 5.13. The van der Waals surface area contributed by atoms with Crippen LogP contribution in [0.5, 0.6) is 5.75 Å². The highest BCUT2D eigenvalue weighted by atomic mass is 16.3. The lowest BCUT2D eigenvalue weighted by Crippen LogP contribution is -2.26. The summed E-state index contributed by atoms with van der Waals surface area (Å²) in [7, 11) is 0.